The third-order valence-corrected chi connectivity index (χ3v) is 6.05. The average Bonchev–Trinajstić information content (AvgIpc) is 3.03. The molecule has 2 heteroatoms. The molecule has 2 aromatic carbocycles. The van der Waals surface area contributed by atoms with Gasteiger partial charge >= 0.3 is 0 Å². The molecule has 112 valence electrons. The largest absolute Gasteiger partial charge is 0.295 e. The summed E-state index contributed by atoms with van der Waals surface area (Å²) < 4.78 is 5.12. The quantitative estimate of drug-likeness (QED) is 0.301. The predicted molar refractivity (Wildman–Crippen MR) is 93.2 cm³/mol. The van der Waals surface area contributed by atoms with Crippen molar-refractivity contribution in [2.24, 2.45) is 0 Å². The van der Waals surface area contributed by atoms with Crippen molar-refractivity contribution in [3.05, 3.63) is 58.9 Å². The summed E-state index contributed by atoms with van der Waals surface area (Å²) in [6.07, 6.45) is 1.12. The molecular weight excluding hydrogens is 280 g/mol. The van der Waals surface area contributed by atoms with E-state index in [0.717, 1.165) is 13.0 Å². The molecule has 0 bridgehead atoms. The first-order chi connectivity index (χ1) is 11.1. The lowest BCUT2D eigenvalue weighted by Gasteiger charge is -2.27. The number of rotatable bonds is 0. The van der Waals surface area contributed by atoms with Gasteiger partial charge in [0.15, 0.2) is 5.69 Å². The van der Waals surface area contributed by atoms with Crippen LogP contribution in [0, 0.1) is 6.92 Å². The lowest BCUT2D eigenvalue weighted by molar-refractivity contribution is -0.498. The maximum Gasteiger partial charge on any atom is 0.295 e. The van der Waals surface area contributed by atoms with E-state index in [9.17, 15) is 0 Å². The fraction of sp³-hybridized carbons (Fsp3) is 0.286. The zero-order chi connectivity index (χ0) is 15.5. The summed E-state index contributed by atoms with van der Waals surface area (Å²) in [5, 5.41) is 4.29. The minimum atomic E-state index is 0.180. The molecule has 6 rings (SSSR count). The Hall–Kier alpha value is -2.35. The Labute approximate surface area is 135 Å². The van der Waals surface area contributed by atoms with Gasteiger partial charge in [-0.05, 0) is 6.42 Å². The van der Waals surface area contributed by atoms with Gasteiger partial charge in [-0.15, -0.1) is 0 Å². The molecule has 0 saturated carbocycles. The van der Waals surface area contributed by atoms with Gasteiger partial charge < -0.3 is 0 Å². The normalized spacial score (nSPS) is 17.3. The second kappa shape index (κ2) is 3.43. The second-order valence-corrected chi connectivity index (χ2v) is 7.89. The molecule has 0 radical (unpaired) electrons. The van der Waals surface area contributed by atoms with E-state index in [1.807, 2.05) is 0 Å². The predicted octanol–water partition coefficient (Wildman–Crippen LogP) is 4.04. The van der Waals surface area contributed by atoms with Gasteiger partial charge in [-0.1, -0.05) is 50.2 Å². The topological polar surface area (TPSA) is 9.03 Å². The van der Waals surface area contributed by atoms with Crippen LogP contribution in [0.3, 0.4) is 0 Å². The average molecular weight is 299 g/mol. The lowest BCUT2D eigenvalue weighted by Crippen LogP contribution is -2.41. The van der Waals surface area contributed by atoms with E-state index in [1.165, 1.54) is 49.8 Å². The molecule has 0 amide bonds. The SMILES string of the molecule is Cc1c2[n+]3c4c(cccc4c4cccc5c4c3n1C5)CC2(C)C. The van der Waals surface area contributed by atoms with Crippen LogP contribution in [0.25, 0.3) is 27.3 Å². The molecule has 2 aromatic heterocycles. The van der Waals surface area contributed by atoms with Gasteiger partial charge in [-0.25, -0.2) is 4.57 Å². The van der Waals surface area contributed by atoms with Crippen molar-refractivity contribution in [1.29, 1.82) is 0 Å². The molecular formula is C21H19N2+. The van der Waals surface area contributed by atoms with E-state index in [4.69, 9.17) is 0 Å². The Kier molecular flexibility index (Phi) is 1.81. The van der Waals surface area contributed by atoms with Crippen LogP contribution in [0.1, 0.15) is 36.4 Å². The summed E-state index contributed by atoms with van der Waals surface area (Å²) in [6.45, 7) is 8.11. The van der Waals surface area contributed by atoms with Crippen molar-refractivity contribution < 1.29 is 4.40 Å². The van der Waals surface area contributed by atoms with Crippen LogP contribution in [0.5, 0.6) is 0 Å². The molecule has 0 aliphatic carbocycles. The molecule has 23 heavy (non-hydrogen) atoms. The smallest absolute Gasteiger partial charge is 0.222 e. The van der Waals surface area contributed by atoms with Gasteiger partial charge in [-0.3, -0.25) is 0 Å². The maximum atomic E-state index is 2.59. The van der Waals surface area contributed by atoms with Gasteiger partial charge in [0.2, 0.25) is 0 Å². The maximum absolute atomic E-state index is 2.59. The van der Waals surface area contributed by atoms with Crippen LogP contribution in [0.4, 0.5) is 0 Å². The zero-order valence-electron chi connectivity index (χ0n) is 13.8. The van der Waals surface area contributed by atoms with Crippen LogP contribution < -0.4 is 4.40 Å². The number of aromatic nitrogens is 2. The Morgan fingerprint density at radius 3 is 2.57 bits per heavy atom. The van der Waals surface area contributed by atoms with E-state index in [2.05, 4.69) is 66.1 Å². The van der Waals surface area contributed by atoms with Crippen molar-refractivity contribution in [3.8, 4) is 0 Å². The van der Waals surface area contributed by atoms with Crippen molar-refractivity contribution >= 4 is 27.3 Å². The molecule has 0 N–H and O–H groups in total. The van der Waals surface area contributed by atoms with E-state index in [-0.39, 0.29) is 5.41 Å². The molecule has 2 nitrogen and oxygen atoms in total. The third kappa shape index (κ3) is 1.16. The van der Waals surface area contributed by atoms with Crippen molar-refractivity contribution in [2.45, 2.75) is 39.2 Å². The highest BCUT2D eigenvalue weighted by atomic mass is 15.2. The summed E-state index contributed by atoms with van der Waals surface area (Å²) in [5.74, 6) is 0. The van der Waals surface area contributed by atoms with Gasteiger partial charge in [-0.2, -0.15) is 4.40 Å². The number of benzene rings is 2. The number of fused-ring (bicyclic) bond motifs is 1. The van der Waals surface area contributed by atoms with Crippen LogP contribution in [0.2, 0.25) is 0 Å². The van der Waals surface area contributed by atoms with Gasteiger partial charge in [0, 0.05) is 34.2 Å². The van der Waals surface area contributed by atoms with E-state index in [1.54, 1.807) is 0 Å². The molecule has 4 aromatic rings. The van der Waals surface area contributed by atoms with Crippen LogP contribution in [0.15, 0.2) is 36.4 Å². The summed E-state index contributed by atoms with van der Waals surface area (Å²) >= 11 is 0. The minimum absolute atomic E-state index is 0.180. The third-order valence-electron chi connectivity index (χ3n) is 6.05. The molecule has 4 heterocycles. The molecule has 0 unspecified atom stereocenters. The summed E-state index contributed by atoms with van der Waals surface area (Å²) in [6, 6.07) is 13.7. The van der Waals surface area contributed by atoms with E-state index < -0.39 is 0 Å². The molecule has 0 atom stereocenters. The van der Waals surface area contributed by atoms with Crippen molar-refractivity contribution in [3.63, 3.8) is 0 Å². The number of para-hydroxylation sites is 1. The highest BCUT2D eigenvalue weighted by Gasteiger charge is 2.43. The highest BCUT2D eigenvalue weighted by molar-refractivity contribution is 6.12. The standard InChI is InChI=1S/C21H19N2/c1-12-19-21(2,3)10-13-6-4-9-16-15-8-5-7-14-11-22(12)20(17(14)15)23(19)18(13)16/h4-9H,10-11H2,1-3H3/q+1. The number of pyridine rings is 1. The Morgan fingerprint density at radius 1 is 1.00 bits per heavy atom. The van der Waals surface area contributed by atoms with Gasteiger partial charge in [0.1, 0.15) is 17.8 Å². The zero-order valence-corrected chi connectivity index (χ0v) is 13.8. The number of hydrogen-bond donors (Lipinski definition) is 0. The second-order valence-electron chi connectivity index (χ2n) is 7.89. The number of hydrogen-bond acceptors (Lipinski definition) is 0. The van der Waals surface area contributed by atoms with E-state index >= 15 is 0 Å². The van der Waals surface area contributed by atoms with E-state index in [0.29, 0.717) is 0 Å². The highest BCUT2D eigenvalue weighted by Crippen LogP contribution is 2.42. The van der Waals surface area contributed by atoms with Crippen LogP contribution in [-0.4, -0.2) is 4.57 Å². The fourth-order valence-electron chi connectivity index (χ4n) is 5.29. The summed E-state index contributed by atoms with van der Waals surface area (Å²) in [5.41, 5.74) is 8.93. The summed E-state index contributed by atoms with van der Waals surface area (Å²) in [4.78, 5) is 0. The van der Waals surface area contributed by atoms with Crippen LogP contribution >= 0.6 is 0 Å². The molecule has 0 spiro atoms. The Balaban J connectivity index is 2.09. The van der Waals surface area contributed by atoms with Crippen LogP contribution in [-0.2, 0) is 18.4 Å². The molecule has 0 fully saturated rings. The van der Waals surface area contributed by atoms with Gasteiger partial charge in [0.25, 0.3) is 5.65 Å². The fourth-order valence-corrected chi connectivity index (χ4v) is 5.29. The molecule has 2 aliphatic rings. The van der Waals surface area contributed by atoms with Gasteiger partial charge in [0.05, 0.1) is 5.39 Å². The number of nitrogens with zero attached hydrogens (tertiary/aromatic N) is 2. The first-order valence-corrected chi connectivity index (χ1v) is 8.48. The van der Waals surface area contributed by atoms with Crippen molar-refractivity contribution in [2.75, 3.05) is 0 Å². The Morgan fingerprint density at radius 2 is 1.74 bits per heavy atom. The molecule has 2 aliphatic heterocycles. The minimum Gasteiger partial charge on any atom is -0.222 e. The first-order valence-electron chi connectivity index (χ1n) is 8.48. The first kappa shape index (κ1) is 12.1. The Bertz CT molecular complexity index is 1190. The lowest BCUT2D eigenvalue weighted by atomic mass is 9.78. The monoisotopic (exact) mass is 299 g/mol. The van der Waals surface area contributed by atoms with Crippen molar-refractivity contribution in [1.82, 2.24) is 4.57 Å². The molecule has 0 saturated heterocycles. The summed E-state index contributed by atoms with van der Waals surface area (Å²) in [7, 11) is 0. The number of imidazole rings is 1.